The molecule has 4 nitrogen and oxygen atoms in total. The van der Waals surface area contributed by atoms with Crippen molar-refractivity contribution in [3.05, 3.63) is 50.7 Å². The van der Waals surface area contributed by atoms with Gasteiger partial charge in [0.05, 0.1) is 12.2 Å². The molecule has 0 spiro atoms. The first-order valence-corrected chi connectivity index (χ1v) is 5.74. The van der Waals surface area contributed by atoms with Crippen LogP contribution < -0.4 is 10.1 Å². The zero-order valence-electron chi connectivity index (χ0n) is 8.80. The number of hydrogen-bond acceptors (Lipinski definition) is 5. The van der Waals surface area contributed by atoms with Crippen molar-refractivity contribution >= 4 is 17.2 Å². The highest BCUT2D eigenvalue weighted by atomic mass is 32.1. The van der Waals surface area contributed by atoms with Crippen LogP contribution in [0.1, 0.15) is 11.4 Å². The van der Waals surface area contributed by atoms with Crippen LogP contribution in [0.3, 0.4) is 0 Å². The van der Waals surface area contributed by atoms with E-state index in [4.69, 9.17) is 0 Å². The summed E-state index contributed by atoms with van der Waals surface area (Å²) in [7, 11) is 0. The van der Waals surface area contributed by atoms with Gasteiger partial charge >= 0.3 is 0 Å². The fourth-order valence-corrected chi connectivity index (χ4v) is 1.79. The fourth-order valence-electron chi connectivity index (χ4n) is 1.23. The Balaban J connectivity index is 2.11. The minimum absolute atomic E-state index is 0.0541. The van der Waals surface area contributed by atoms with Crippen LogP contribution in [0.15, 0.2) is 34.6 Å². The zero-order valence-corrected chi connectivity index (χ0v) is 9.62. The molecule has 0 amide bonds. The van der Waals surface area contributed by atoms with Gasteiger partial charge in [0, 0.05) is 17.3 Å². The smallest absolute Gasteiger partial charge is 0.274 e. The van der Waals surface area contributed by atoms with Crippen molar-refractivity contribution in [2.75, 3.05) is 5.32 Å². The number of anilines is 1. The summed E-state index contributed by atoms with van der Waals surface area (Å²) in [6.07, 6.45) is 1.72. The monoisotopic (exact) mass is 233 g/mol. The van der Waals surface area contributed by atoms with E-state index >= 15 is 0 Å². The zero-order chi connectivity index (χ0) is 11.4. The number of aromatic nitrogens is 2. The first-order valence-electron chi connectivity index (χ1n) is 4.86. The molecule has 2 aromatic heterocycles. The van der Waals surface area contributed by atoms with Crippen molar-refractivity contribution in [1.82, 2.24) is 9.97 Å². The summed E-state index contributed by atoms with van der Waals surface area (Å²) < 4.78 is -0.0541. The molecular formula is C11H11N3OS. The van der Waals surface area contributed by atoms with Gasteiger partial charge in [0.15, 0.2) is 5.82 Å². The van der Waals surface area contributed by atoms with E-state index in [2.05, 4.69) is 15.3 Å². The Kier molecular flexibility index (Phi) is 3.26. The highest BCUT2D eigenvalue weighted by Crippen LogP contribution is 2.03. The van der Waals surface area contributed by atoms with E-state index in [9.17, 15) is 4.79 Å². The number of pyridine rings is 1. The third kappa shape index (κ3) is 2.64. The molecule has 2 heterocycles. The third-order valence-electron chi connectivity index (χ3n) is 1.98. The van der Waals surface area contributed by atoms with Crippen LogP contribution in [0.5, 0.6) is 0 Å². The molecule has 0 unspecified atom stereocenters. The van der Waals surface area contributed by atoms with Gasteiger partial charge in [-0.15, -0.1) is 0 Å². The third-order valence-corrected chi connectivity index (χ3v) is 2.85. The largest absolute Gasteiger partial charge is 0.360 e. The van der Waals surface area contributed by atoms with Crippen LogP contribution in [0.4, 0.5) is 5.82 Å². The number of hydrogen-bond donors (Lipinski definition) is 1. The molecule has 0 aliphatic heterocycles. The molecule has 16 heavy (non-hydrogen) atoms. The fraction of sp³-hybridized carbons (Fsp3) is 0.182. The summed E-state index contributed by atoms with van der Waals surface area (Å²) >= 11 is 1.15. The molecule has 0 saturated heterocycles. The lowest BCUT2D eigenvalue weighted by molar-refractivity contribution is 1.02. The second-order valence-electron chi connectivity index (χ2n) is 3.30. The summed E-state index contributed by atoms with van der Waals surface area (Å²) in [5.41, 5.74) is 1.73. The molecule has 0 atom stereocenters. The SMILES string of the molecule is Cc1csc(=O)c(NCc2ccccn2)n1. The number of aryl methyl sites for hydroxylation is 1. The summed E-state index contributed by atoms with van der Waals surface area (Å²) in [4.78, 5) is 19.8. The molecule has 2 rings (SSSR count). The van der Waals surface area contributed by atoms with Gasteiger partial charge in [-0.25, -0.2) is 4.98 Å². The molecule has 0 bridgehead atoms. The van der Waals surface area contributed by atoms with Crippen LogP contribution >= 0.6 is 11.3 Å². The minimum atomic E-state index is -0.0541. The van der Waals surface area contributed by atoms with Crippen molar-refractivity contribution in [3.63, 3.8) is 0 Å². The molecule has 0 aromatic carbocycles. The van der Waals surface area contributed by atoms with E-state index < -0.39 is 0 Å². The molecule has 5 heteroatoms. The summed E-state index contributed by atoms with van der Waals surface area (Å²) in [5, 5.41) is 4.74. The first-order chi connectivity index (χ1) is 7.75. The Bertz CT molecular complexity index is 524. The average molecular weight is 233 g/mol. The predicted molar refractivity (Wildman–Crippen MR) is 64.7 cm³/mol. The van der Waals surface area contributed by atoms with Gasteiger partial charge in [-0.05, 0) is 19.1 Å². The van der Waals surface area contributed by atoms with Crippen molar-refractivity contribution in [3.8, 4) is 0 Å². The van der Waals surface area contributed by atoms with E-state index in [1.807, 2.05) is 25.1 Å². The summed E-state index contributed by atoms with van der Waals surface area (Å²) in [6, 6.07) is 5.67. The topological polar surface area (TPSA) is 54.9 Å². The quantitative estimate of drug-likeness (QED) is 0.878. The molecular weight excluding hydrogens is 222 g/mol. The predicted octanol–water partition coefficient (Wildman–Crippen LogP) is 1.82. The van der Waals surface area contributed by atoms with Crippen molar-refractivity contribution < 1.29 is 0 Å². The van der Waals surface area contributed by atoms with E-state index in [1.165, 1.54) is 0 Å². The first kappa shape index (κ1) is 10.8. The minimum Gasteiger partial charge on any atom is -0.360 e. The van der Waals surface area contributed by atoms with Gasteiger partial charge in [0.1, 0.15) is 0 Å². The van der Waals surface area contributed by atoms with Gasteiger partial charge < -0.3 is 5.32 Å². The lowest BCUT2D eigenvalue weighted by Crippen LogP contribution is -2.11. The lowest BCUT2D eigenvalue weighted by atomic mass is 10.3. The molecule has 0 aliphatic carbocycles. The highest BCUT2D eigenvalue weighted by Gasteiger charge is 2.01. The number of rotatable bonds is 3. The molecule has 0 saturated carbocycles. The Morgan fingerprint density at radius 1 is 1.44 bits per heavy atom. The van der Waals surface area contributed by atoms with Gasteiger partial charge in [-0.1, -0.05) is 17.4 Å². The number of nitrogens with zero attached hydrogens (tertiary/aromatic N) is 2. The lowest BCUT2D eigenvalue weighted by Gasteiger charge is -2.03. The molecule has 1 N–H and O–H groups in total. The summed E-state index contributed by atoms with van der Waals surface area (Å²) in [6.45, 7) is 2.38. The maximum atomic E-state index is 11.5. The van der Waals surface area contributed by atoms with Crippen LogP contribution in [0.25, 0.3) is 0 Å². The van der Waals surface area contributed by atoms with E-state index in [1.54, 1.807) is 11.6 Å². The highest BCUT2D eigenvalue weighted by molar-refractivity contribution is 7.07. The average Bonchev–Trinajstić information content (AvgIpc) is 2.32. The van der Waals surface area contributed by atoms with E-state index in [0.29, 0.717) is 12.4 Å². The van der Waals surface area contributed by atoms with E-state index in [0.717, 1.165) is 22.7 Å². The molecule has 2 aromatic rings. The summed E-state index contributed by atoms with van der Waals surface area (Å²) in [5.74, 6) is 0.399. The standard InChI is InChI=1S/C11H11N3OS/c1-8-7-16-11(15)10(14-8)13-6-9-4-2-3-5-12-9/h2-5,7H,6H2,1H3,(H,13,14). The van der Waals surface area contributed by atoms with Crippen LogP contribution in [0.2, 0.25) is 0 Å². The molecule has 0 radical (unpaired) electrons. The van der Waals surface area contributed by atoms with Crippen molar-refractivity contribution in [1.29, 1.82) is 0 Å². The van der Waals surface area contributed by atoms with Crippen molar-refractivity contribution in [2.45, 2.75) is 13.5 Å². The Morgan fingerprint density at radius 2 is 2.31 bits per heavy atom. The Labute approximate surface area is 97.0 Å². The molecule has 82 valence electrons. The maximum Gasteiger partial charge on any atom is 0.274 e. The van der Waals surface area contributed by atoms with Crippen LogP contribution in [-0.4, -0.2) is 9.97 Å². The van der Waals surface area contributed by atoms with Crippen LogP contribution in [-0.2, 0) is 6.54 Å². The maximum absolute atomic E-state index is 11.5. The second-order valence-corrected chi connectivity index (χ2v) is 4.14. The molecule has 0 fully saturated rings. The van der Waals surface area contributed by atoms with Gasteiger partial charge in [-0.3, -0.25) is 9.78 Å². The Hall–Kier alpha value is -1.75. The van der Waals surface area contributed by atoms with Gasteiger partial charge in [0.25, 0.3) is 4.74 Å². The van der Waals surface area contributed by atoms with Crippen molar-refractivity contribution in [2.24, 2.45) is 0 Å². The Morgan fingerprint density at radius 3 is 3.06 bits per heavy atom. The van der Waals surface area contributed by atoms with E-state index in [-0.39, 0.29) is 4.74 Å². The molecule has 0 aliphatic rings. The number of nitrogens with one attached hydrogen (secondary N) is 1. The van der Waals surface area contributed by atoms with Gasteiger partial charge in [0.2, 0.25) is 0 Å². The van der Waals surface area contributed by atoms with Gasteiger partial charge in [-0.2, -0.15) is 0 Å². The normalized spacial score (nSPS) is 10.1. The van der Waals surface area contributed by atoms with Crippen LogP contribution in [0, 0.1) is 6.92 Å². The second kappa shape index (κ2) is 4.85.